The van der Waals surface area contributed by atoms with E-state index in [2.05, 4.69) is 36.0 Å². The third kappa shape index (κ3) is 6.66. The molecule has 1 N–H and O–H groups in total. The zero-order chi connectivity index (χ0) is 10.9. The number of hydrogen-bond acceptors (Lipinski definition) is 3. The molecule has 1 heterocycles. The molecule has 86 valence electrons. The van der Waals surface area contributed by atoms with E-state index in [4.69, 9.17) is 4.74 Å². The fraction of sp³-hybridized carbons (Fsp3) is 0.667. The molecule has 0 radical (unpaired) electrons. The lowest BCUT2D eigenvalue weighted by molar-refractivity contribution is 0.134. The Balaban J connectivity index is 1.85. The molecule has 0 aliphatic heterocycles. The Kier molecular flexibility index (Phi) is 6.64. The van der Waals surface area contributed by atoms with E-state index in [0.717, 1.165) is 32.6 Å². The minimum absolute atomic E-state index is 0.579. The first kappa shape index (κ1) is 12.7. The van der Waals surface area contributed by atoms with Crippen molar-refractivity contribution in [1.29, 1.82) is 0 Å². The summed E-state index contributed by atoms with van der Waals surface area (Å²) in [5.74, 6) is 0. The van der Waals surface area contributed by atoms with Gasteiger partial charge in [-0.25, -0.2) is 0 Å². The van der Waals surface area contributed by atoms with Crippen molar-refractivity contribution in [2.45, 2.75) is 32.7 Å². The van der Waals surface area contributed by atoms with Crippen LogP contribution in [0.25, 0.3) is 0 Å². The van der Waals surface area contributed by atoms with Gasteiger partial charge in [0.25, 0.3) is 0 Å². The molecule has 0 aliphatic rings. The summed E-state index contributed by atoms with van der Waals surface area (Å²) < 4.78 is 5.55. The van der Waals surface area contributed by atoms with Crippen molar-refractivity contribution in [2.24, 2.45) is 0 Å². The van der Waals surface area contributed by atoms with Crippen molar-refractivity contribution in [3.05, 3.63) is 22.4 Å². The van der Waals surface area contributed by atoms with Gasteiger partial charge in [-0.15, -0.1) is 0 Å². The Morgan fingerprint density at radius 3 is 2.93 bits per heavy atom. The second-order valence-electron chi connectivity index (χ2n) is 3.96. The van der Waals surface area contributed by atoms with Crippen LogP contribution in [0.3, 0.4) is 0 Å². The predicted octanol–water partition coefficient (Wildman–Crippen LogP) is 2.70. The van der Waals surface area contributed by atoms with Crippen LogP contribution in [0.1, 0.15) is 25.8 Å². The number of hydrogen-bond donors (Lipinski definition) is 1. The topological polar surface area (TPSA) is 21.3 Å². The first-order chi connectivity index (χ1) is 7.29. The molecule has 0 unspecified atom stereocenters. The van der Waals surface area contributed by atoms with Gasteiger partial charge in [-0.2, -0.15) is 11.3 Å². The summed E-state index contributed by atoms with van der Waals surface area (Å²) in [6.07, 6.45) is 2.14. The van der Waals surface area contributed by atoms with E-state index >= 15 is 0 Å². The number of ether oxygens (including phenoxy) is 1. The van der Waals surface area contributed by atoms with Crippen molar-refractivity contribution >= 4 is 11.3 Å². The van der Waals surface area contributed by atoms with Gasteiger partial charge in [0, 0.05) is 12.6 Å². The Bertz CT molecular complexity index is 234. The molecular weight excluding hydrogens is 206 g/mol. The van der Waals surface area contributed by atoms with Crippen LogP contribution in [-0.4, -0.2) is 25.8 Å². The first-order valence-corrected chi connectivity index (χ1v) is 6.55. The average molecular weight is 227 g/mol. The molecule has 1 aromatic rings. The first-order valence-electron chi connectivity index (χ1n) is 5.61. The molecule has 2 nitrogen and oxygen atoms in total. The fourth-order valence-electron chi connectivity index (χ4n) is 1.29. The molecule has 3 heteroatoms. The highest BCUT2D eigenvalue weighted by molar-refractivity contribution is 7.07. The van der Waals surface area contributed by atoms with Crippen molar-refractivity contribution in [1.82, 2.24) is 5.32 Å². The van der Waals surface area contributed by atoms with Crippen LogP contribution in [0, 0.1) is 0 Å². The lowest BCUT2D eigenvalue weighted by Crippen LogP contribution is -2.24. The van der Waals surface area contributed by atoms with Gasteiger partial charge in [-0.05, 0) is 41.8 Å². The van der Waals surface area contributed by atoms with Crippen LogP contribution in [0.4, 0.5) is 0 Å². The number of rotatable bonds is 8. The van der Waals surface area contributed by atoms with Crippen LogP contribution >= 0.6 is 11.3 Å². The van der Waals surface area contributed by atoms with Crippen LogP contribution in [-0.2, 0) is 11.2 Å². The van der Waals surface area contributed by atoms with E-state index in [1.54, 1.807) is 11.3 Å². The van der Waals surface area contributed by atoms with E-state index in [1.807, 2.05) is 0 Å². The highest BCUT2D eigenvalue weighted by Gasteiger charge is 1.94. The fourth-order valence-corrected chi connectivity index (χ4v) is 2.00. The normalized spacial score (nSPS) is 11.1. The van der Waals surface area contributed by atoms with Crippen molar-refractivity contribution in [2.75, 3.05) is 19.8 Å². The molecule has 1 aromatic heterocycles. The van der Waals surface area contributed by atoms with Gasteiger partial charge < -0.3 is 10.1 Å². The standard InChI is InChI=1S/C12H21NOS/c1-11(2)13-6-3-7-14-8-4-12-5-9-15-10-12/h5,9-11,13H,3-4,6-8H2,1-2H3. The van der Waals surface area contributed by atoms with E-state index in [-0.39, 0.29) is 0 Å². The number of thiophene rings is 1. The predicted molar refractivity (Wildman–Crippen MR) is 66.6 cm³/mol. The van der Waals surface area contributed by atoms with E-state index in [1.165, 1.54) is 5.56 Å². The molecule has 0 aliphatic carbocycles. The molecule has 0 aromatic carbocycles. The second kappa shape index (κ2) is 7.85. The minimum atomic E-state index is 0.579. The smallest absolute Gasteiger partial charge is 0.0506 e. The van der Waals surface area contributed by atoms with E-state index in [0.29, 0.717) is 6.04 Å². The maximum Gasteiger partial charge on any atom is 0.0506 e. The SMILES string of the molecule is CC(C)NCCCOCCc1ccsc1. The summed E-state index contributed by atoms with van der Waals surface area (Å²) in [6.45, 7) is 7.09. The van der Waals surface area contributed by atoms with Gasteiger partial charge in [-0.3, -0.25) is 0 Å². The van der Waals surface area contributed by atoms with Crippen molar-refractivity contribution in [3.8, 4) is 0 Å². The Morgan fingerprint density at radius 2 is 2.27 bits per heavy atom. The summed E-state index contributed by atoms with van der Waals surface area (Å²) in [7, 11) is 0. The van der Waals surface area contributed by atoms with Crippen LogP contribution < -0.4 is 5.32 Å². The van der Waals surface area contributed by atoms with Crippen molar-refractivity contribution < 1.29 is 4.74 Å². The van der Waals surface area contributed by atoms with Crippen LogP contribution in [0.2, 0.25) is 0 Å². The van der Waals surface area contributed by atoms with Gasteiger partial charge in [0.2, 0.25) is 0 Å². The van der Waals surface area contributed by atoms with Crippen LogP contribution in [0.5, 0.6) is 0 Å². The second-order valence-corrected chi connectivity index (χ2v) is 4.74. The maximum atomic E-state index is 5.55. The third-order valence-electron chi connectivity index (χ3n) is 2.13. The molecule has 0 amide bonds. The third-order valence-corrected chi connectivity index (χ3v) is 2.87. The van der Waals surface area contributed by atoms with Crippen molar-refractivity contribution in [3.63, 3.8) is 0 Å². The molecule has 0 saturated heterocycles. The van der Waals surface area contributed by atoms with Gasteiger partial charge in [0.15, 0.2) is 0 Å². The molecular formula is C12H21NOS. The summed E-state index contributed by atoms with van der Waals surface area (Å²) >= 11 is 1.75. The molecule has 1 rings (SSSR count). The molecule has 0 spiro atoms. The highest BCUT2D eigenvalue weighted by atomic mass is 32.1. The monoisotopic (exact) mass is 227 g/mol. The van der Waals surface area contributed by atoms with E-state index < -0.39 is 0 Å². The summed E-state index contributed by atoms with van der Waals surface area (Å²) in [5.41, 5.74) is 1.39. The molecule has 0 bridgehead atoms. The van der Waals surface area contributed by atoms with Gasteiger partial charge in [0.05, 0.1) is 6.61 Å². The average Bonchev–Trinajstić information content (AvgIpc) is 2.68. The molecule has 0 atom stereocenters. The zero-order valence-electron chi connectivity index (χ0n) is 9.66. The zero-order valence-corrected chi connectivity index (χ0v) is 10.5. The van der Waals surface area contributed by atoms with Gasteiger partial charge in [-0.1, -0.05) is 13.8 Å². The minimum Gasteiger partial charge on any atom is -0.381 e. The van der Waals surface area contributed by atoms with E-state index in [9.17, 15) is 0 Å². The Labute approximate surface area is 96.7 Å². The van der Waals surface area contributed by atoms with Gasteiger partial charge >= 0.3 is 0 Å². The largest absolute Gasteiger partial charge is 0.381 e. The molecule has 15 heavy (non-hydrogen) atoms. The van der Waals surface area contributed by atoms with Crippen LogP contribution in [0.15, 0.2) is 16.8 Å². The maximum absolute atomic E-state index is 5.55. The quantitative estimate of drug-likeness (QED) is 0.689. The number of nitrogens with one attached hydrogen (secondary N) is 1. The molecule has 0 saturated carbocycles. The Morgan fingerprint density at radius 1 is 1.40 bits per heavy atom. The lowest BCUT2D eigenvalue weighted by Gasteiger charge is -2.07. The lowest BCUT2D eigenvalue weighted by atomic mass is 10.3. The summed E-state index contributed by atoms with van der Waals surface area (Å²) in [5, 5.41) is 7.67. The summed E-state index contributed by atoms with van der Waals surface area (Å²) in [6, 6.07) is 2.74. The van der Waals surface area contributed by atoms with Gasteiger partial charge in [0.1, 0.15) is 0 Å². The summed E-state index contributed by atoms with van der Waals surface area (Å²) in [4.78, 5) is 0. The highest BCUT2D eigenvalue weighted by Crippen LogP contribution is 2.06. The molecule has 0 fully saturated rings. The Hall–Kier alpha value is -0.380.